The molecule has 1 aromatic rings. The molecule has 0 atom stereocenters. The van der Waals surface area contributed by atoms with Crippen LogP contribution in [-0.4, -0.2) is 41.9 Å². The van der Waals surface area contributed by atoms with Crippen LogP contribution in [0.2, 0.25) is 0 Å². The van der Waals surface area contributed by atoms with Gasteiger partial charge in [-0.25, -0.2) is 4.79 Å². The van der Waals surface area contributed by atoms with Gasteiger partial charge in [-0.15, -0.1) is 11.3 Å². The molecule has 18 heavy (non-hydrogen) atoms. The van der Waals surface area contributed by atoms with Gasteiger partial charge >= 0.3 is 5.97 Å². The highest BCUT2D eigenvalue weighted by Gasteiger charge is 2.43. The molecule has 5 heteroatoms. The zero-order valence-electron chi connectivity index (χ0n) is 10.1. The van der Waals surface area contributed by atoms with Crippen LogP contribution >= 0.6 is 11.3 Å². The van der Waals surface area contributed by atoms with Gasteiger partial charge in [-0.05, 0) is 11.4 Å². The third-order valence-corrected chi connectivity index (χ3v) is 4.76. The van der Waals surface area contributed by atoms with Gasteiger partial charge < -0.3 is 9.64 Å². The molecule has 0 radical (unpaired) electrons. The lowest BCUT2D eigenvalue weighted by Gasteiger charge is -2.47. The molecule has 4 rings (SSSR count). The van der Waals surface area contributed by atoms with Crippen LogP contribution in [0.3, 0.4) is 0 Å². The van der Waals surface area contributed by atoms with E-state index in [1.165, 1.54) is 11.3 Å². The van der Waals surface area contributed by atoms with Crippen molar-refractivity contribution in [2.75, 3.05) is 19.6 Å². The number of nitrogens with zero attached hydrogens (tertiary/aromatic N) is 1. The molecule has 3 fully saturated rings. The van der Waals surface area contributed by atoms with Crippen LogP contribution < -0.4 is 0 Å². The lowest BCUT2D eigenvalue weighted by Crippen LogP contribution is -2.54. The van der Waals surface area contributed by atoms with E-state index in [9.17, 15) is 9.59 Å². The van der Waals surface area contributed by atoms with Crippen LogP contribution in [0.4, 0.5) is 0 Å². The van der Waals surface area contributed by atoms with Crippen LogP contribution in [0.5, 0.6) is 0 Å². The van der Waals surface area contributed by atoms with E-state index in [1.807, 2.05) is 0 Å². The molecule has 3 aliphatic heterocycles. The highest BCUT2D eigenvalue weighted by Crippen LogP contribution is 2.35. The fourth-order valence-electron chi connectivity index (χ4n) is 2.70. The van der Waals surface area contributed by atoms with E-state index < -0.39 is 11.8 Å². The summed E-state index contributed by atoms with van der Waals surface area (Å²) in [5.74, 6) is -1.19. The number of piperidine rings is 3. The van der Waals surface area contributed by atoms with Crippen molar-refractivity contribution in [1.82, 2.24) is 4.90 Å². The van der Waals surface area contributed by atoms with Gasteiger partial charge in [-0.1, -0.05) is 6.07 Å². The second-order valence-electron chi connectivity index (χ2n) is 4.97. The lowest BCUT2D eigenvalue weighted by atomic mass is 9.83. The highest BCUT2D eigenvalue weighted by molar-refractivity contribution is 7.12. The predicted octanol–water partition coefficient (Wildman–Crippen LogP) is 1.71. The molecule has 3 aliphatic rings. The van der Waals surface area contributed by atoms with E-state index in [4.69, 9.17) is 4.74 Å². The van der Waals surface area contributed by atoms with Gasteiger partial charge in [0.2, 0.25) is 0 Å². The maximum Gasteiger partial charge on any atom is 0.381 e. The first-order valence-electron chi connectivity index (χ1n) is 6.22. The minimum Gasteiger partial charge on any atom is -0.453 e. The summed E-state index contributed by atoms with van der Waals surface area (Å²) in [5.41, 5.74) is -0.376. The second kappa shape index (κ2) is 4.48. The number of Topliss-reactive ketones (excluding diaryl/α,β-unsaturated/α-hetero) is 1. The molecule has 4 nitrogen and oxygen atoms in total. The summed E-state index contributed by atoms with van der Waals surface area (Å²) in [4.78, 5) is 26.6. The van der Waals surface area contributed by atoms with Crippen molar-refractivity contribution >= 4 is 23.1 Å². The smallest absolute Gasteiger partial charge is 0.381 e. The van der Waals surface area contributed by atoms with Crippen molar-refractivity contribution in [3.05, 3.63) is 22.4 Å². The predicted molar refractivity (Wildman–Crippen MR) is 67.8 cm³/mol. The molecule has 0 aromatic carbocycles. The molecule has 4 heterocycles. The van der Waals surface area contributed by atoms with Crippen LogP contribution in [0, 0.1) is 0 Å². The van der Waals surface area contributed by atoms with E-state index in [1.54, 1.807) is 17.5 Å². The molecule has 0 unspecified atom stereocenters. The maximum absolute atomic E-state index is 11.9. The first kappa shape index (κ1) is 11.9. The quantitative estimate of drug-likeness (QED) is 0.474. The van der Waals surface area contributed by atoms with Gasteiger partial charge in [0.05, 0.1) is 4.88 Å². The summed E-state index contributed by atoms with van der Waals surface area (Å²) in [5, 5.41) is 1.79. The molecule has 0 spiro atoms. The largest absolute Gasteiger partial charge is 0.453 e. The molecule has 0 saturated carbocycles. The number of thiophene rings is 1. The molecule has 0 N–H and O–H groups in total. The van der Waals surface area contributed by atoms with Crippen molar-refractivity contribution in [3.63, 3.8) is 0 Å². The van der Waals surface area contributed by atoms with Crippen LogP contribution in [0.15, 0.2) is 17.5 Å². The van der Waals surface area contributed by atoms with Gasteiger partial charge in [-0.2, -0.15) is 0 Å². The molecule has 3 saturated heterocycles. The highest BCUT2D eigenvalue weighted by atomic mass is 32.1. The van der Waals surface area contributed by atoms with Gasteiger partial charge in [0.1, 0.15) is 5.60 Å². The average Bonchev–Trinajstić information content (AvgIpc) is 2.93. The monoisotopic (exact) mass is 265 g/mol. The molecule has 1 aromatic heterocycles. The van der Waals surface area contributed by atoms with Crippen LogP contribution in [0.25, 0.3) is 0 Å². The zero-order valence-corrected chi connectivity index (χ0v) is 10.9. The standard InChI is InChI=1S/C13H15NO3S/c15-11(10-2-1-9-18-10)12(16)17-13-3-6-14(7-4-13)8-5-13/h1-2,9H,3-8H2. The van der Waals surface area contributed by atoms with Crippen molar-refractivity contribution in [2.45, 2.75) is 24.9 Å². The summed E-state index contributed by atoms with van der Waals surface area (Å²) < 4.78 is 5.54. The fourth-order valence-corrected chi connectivity index (χ4v) is 3.35. The van der Waals surface area contributed by atoms with E-state index >= 15 is 0 Å². The van der Waals surface area contributed by atoms with Crippen molar-refractivity contribution < 1.29 is 14.3 Å². The van der Waals surface area contributed by atoms with E-state index in [0.29, 0.717) is 4.88 Å². The molecule has 96 valence electrons. The van der Waals surface area contributed by atoms with Crippen LogP contribution in [0.1, 0.15) is 28.9 Å². The molecule has 0 aliphatic carbocycles. The molecule has 0 amide bonds. The number of ether oxygens (including phenoxy) is 1. The first-order valence-corrected chi connectivity index (χ1v) is 7.10. The number of esters is 1. The molecular weight excluding hydrogens is 250 g/mol. The third kappa shape index (κ3) is 2.08. The Morgan fingerprint density at radius 3 is 2.44 bits per heavy atom. The summed E-state index contributed by atoms with van der Waals surface area (Å²) in [6.07, 6.45) is 2.57. The Hall–Kier alpha value is -1.20. The zero-order chi connectivity index (χ0) is 12.6. The number of rotatable bonds is 3. The van der Waals surface area contributed by atoms with Crippen molar-refractivity contribution in [2.24, 2.45) is 0 Å². The molecular formula is C13H15NO3S. The van der Waals surface area contributed by atoms with Gasteiger partial charge in [0.15, 0.2) is 0 Å². The minimum absolute atomic E-state index is 0.376. The number of carbonyl (C=O) groups is 2. The Bertz CT molecular complexity index is 447. The fraction of sp³-hybridized carbons (Fsp3) is 0.538. The van der Waals surface area contributed by atoms with Crippen molar-refractivity contribution in [3.8, 4) is 0 Å². The summed E-state index contributed by atoms with van der Waals surface area (Å²) in [6, 6.07) is 3.43. The number of carbonyl (C=O) groups excluding carboxylic acids is 2. The van der Waals surface area contributed by atoms with Crippen LogP contribution in [-0.2, 0) is 9.53 Å². The lowest BCUT2D eigenvalue weighted by molar-refractivity contribution is -0.166. The summed E-state index contributed by atoms with van der Waals surface area (Å²) in [6.45, 7) is 2.92. The summed E-state index contributed by atoms with van der Waals surface area (Å²) >= 11 is 1.28. The SMILES string of the molecule is O=C(OC12CCN(CC1)CC2)C(=O)c1cccs1. The average molecular weight is 265 g/mol. The number of fused-ring (bicyclic) bond motifs is 3. The van der Waals surface area contributed by atoms with E-state index in [-0.39, 0.29) is 5.60 Å². The first-order chi connectivity index (χ1) is 8.69. The Balaban J connectivity index is 1.69. The third-order valence-electron chi connectivity index (χ3n) is 3.89. The van der Waals surface area contributed by atoms with E-state index in [0.717, 1.165) is 38.9 Å². The number of hydrogen-bond acceptors (Lipinski definition) is 5. The van der Waals surface area contributed by atoms with Gasteiger partial charge in [0.25, 0.3) is 5.78 Å². The van der Waals surface area contributed by atoms with Gasteiger partial charge in [0, 0.05) is 38.9 Å². The Morgan fingerprint density at radius 2 is 1.89 bits per heavy atom. The molecule has 2 bridgehead atoms. The van der Waals surface area contributed by atoms with Gasteiger partial charge in [-0.3, -0.25) is 4.79 Å². The second-order valence-corrected chi connectivity index (χ2v) is 5.92. The Morgan fingerprint density at radius 1 is 1.22 bits per heavy atom. The topological polar surface area (TPSA) is 46.6 Å². The van der Waals surface area contributed by atoms with Crippen molar-refractivity contribution in [1.29, 1.82) is 0 Å². The number of ketones is 1. The minimum atomic E-state index is -0.687. The number of hydrogen-bond donors (Lipinski definition) is 0. The summed E-state index contributed by atoms with van der Waals surface area (Å²) in [7, 11) is 0. The Kier molecular flexibility index (Phi) is 2.95. The normalized spacial score (nSPS) is 30.1. The Labute approximate surface area is 110 Å². The maximum atomic E-state index is 11.9. The van der Waals surface area contributed by atoms with E-state index in [2.05, 4.69) is 4.90 Å².